The van der Waals surface area contributed by atoms with Crippen molar-refractivity contribution in [1.29, 1.82) is 0 Å². The van der Waals surface area contributed by atoms with Gasteiger partial charge in [0.25, 0.3) is 0 Å². The number of hydrogen-bond donors (Lipinski definition) is 2. The Labute approximate surface area is 75.9 Å². The van der Waals surface area contributed by atoms with Gasteiger partial charge >= 0.3 is 0 Å². The molecule has 0 spiro atoms. The van der Waals surface area contributed by atoms with Gasteiger partial charge in [-0.25, -0.2) is 4.39 Å². The van der Waals surface area contributed by atoms with Gasteiger partial charge in [0.2, 0.25) is 0 Å². The second-order valence-electron chi connectivity index (χ2n) is 2.76. The molecule has 1 atom stereocenters. The fourth-order valence-corrected chi connectivity index (χ4v) is 1.10. The Balaban J connectivity index is 2.88. The number of phenolic OH excluding ortho intramolecular Hbond substituents is 1. The Hall–Kier alpha value is -1.13. The van der Waals surface area contributed by atoms with Crippen LogP contribution in [-0.4, -0.2) is 18.8 Å². The zero-order chi connectivity index (χ0) is 9.84. The number of nitrogens with two attached hydrogens (primary N) is 1. The molecular weight excluding hydrogens is 173 g/mol. The van der Waals surface area contributed by atoms with Gasteiger partial charge in [-0.15, -0.1) is 0 Å². The van der Waals surface area contributed by atoms with E-state index >= 15 is 0 Å². The molecule has 0 heterocycles. The van der Waals surface area contributed by atoms with E-state index in [0.29, 0.717) is 12.2 Å². The molecule has 0 saturated carbocycles. The standard InChI is InChI=1S/C9H12FNO2/c1-13-5-8(11)7-3-2-6(10)4-9(7)12/h2-4,8,12H,5,11H2,1H3/t8-/m0/s1. The molecule has 3 N–H and O–H groups in total. The van der Waals surface area contributed by atoms with Crippen molar-refractivity contribution < 1.29 is 14.2 Å². The minimum atomic E-state index is -0.481. The van der Waals surface area contributed by atoms with E-state index in [4.69, 9.17) is 10.5 Å². The van der Waals surface area contributed by atoms with E-state index in [1.807, 2.05) is 0 Å². The van der Waals surface area contributed by atoms with Gasteiger partial charge in [0.1, 0.15) is 11.6 Å². The van der Waals surface area contributed by atoms with Crippen LogP contribution in [0, 0.1) is 5.82 Å². The third kappa shape index (κ3) is 2.40. The van der Waals surface area contributed by atoms with Gasteiger partial charge in [0.05, 0.1) is 12.6 Å². The molecule has 13 heavy (non-hydrogen) atoms. The molecule has 1 aromatic carbocycles. The molecule has 4 heteroatoms. The van der Waals surface area contributed by atoms with Gasteiger partial charge in [-0.1, -0.05) is 6.07 Å². The minimum absolute atomic E-state index is 0.135. The Kier molecular flexibility index (Phi) is 3.22. The molecule has 0 aliphatic carbocycles. The summed E-state index contributed by atoms with van der Waals surface area (Å²) in [5.41, 5.74) is 6.14. The largest absolute Gasteiger partial charge is 0.508 e. The summed E-state index contributed by atoms with van der Waals surface area (Å²) < 4.78 is 17.4. The minimum Gasteiger partial charge on any atom is -0.508 e. The van der Waals surface area contributed by atoms with Crippen LogP contribution in [0.4, 0.5) is 4.39 Å². The summed E-state index contributed by atoms with van der Waals surface area (Å²) in [6.45, 7) is 0.291. The Bertz CT molecular complexity index is 291. The van der Waals surface area contributed by atoms with Gasteiger partial charge in [-0.2, -0.15) is 0 Å². The van der Waals surface area contributed by atoms with Crippen LogP contribution in [0.3, 0.4) is 0 Å². The number of rotatable bonds is 3. The predicted octanol–water partition coefficient (Wildman–Crippen LogP) is 1.18. The summed E-state index contributed by atoms with van der Waals surface area (Å²) in [6.07, 6.45) is 0. The highest BCUT2D eigenvalue weighted by molar-refractivity contribution is 5.35. The fraction of sp³-hybridized carbons (Fsp3) is 0.333. The SMILES string of the molecule is COC[C@H](N)c1ccc(F)cc1O. The molecule has 0 bridgehead atoms. The highest BCUT2D eigenvalue weighted by atomic mass is 19.1. The van der Waals surface area contributed by atoms with Crippen molar-refractivity contribution in [1.82, 2.24) is 0 Å². The lowest BCUT2D eigenvalue weighted by molar-refractivity contribution is 0.179. The van der Waals surface area contributed by atoms with Crippen molar-refractivity contribution in [2.45, 2.75) is 6.04 Å². The van der Waals surface area contributed by atoms with E-state index in [-0.39, 0.29) is 5.75 Å². The fourth-order valence-electron chi connectivity index (χ4n) is 1.10. The highest BCUT2D eigenvalue weighted by Gasteiger charge is 2.10. The van der Waals surface area contributed by atoms with Crippen LogP contribution >= 0.6 is 0 Å². The average molecular weight is 185 g/mol. The molecule has 0 radical (unpaired) electrons. The van der Waals surface area contributed by atoms with Gasteiger partial charge < -0.3 is 15.6 Å². The molecule has 0 aliphatic heterocycles. The van der Waals surface area contributed by atoms with Gasteiger partial charge in [-0.3, -0.25) is 0 Å². The number of methoxy groups -OCH3 is 1. The molecule has 1 aromatic rings. The van der Waals surface area contributed by atoms with Crippen LogP contribution in [-0.2, 0) is 4.74 Å². The smallest absolute Gasteiger partial charge is 0.126 e. The summed E-state index contributed by atoms with van der Waals surface area (Å²) in [5.74, 6) is -0.615. The quantitative estimate of drug-likeness (QED) is 0.743. The predicted molar refractivity (Wildman–Crippen MR) is 46.9 cm³/mol. The first-order valence-corrected chi connectivity index (χ1v) is 3.88. The van der Waals surface area contributed by atoms with Crippen molar-refractivity contribution in [3.05, 3.63) is 29.6 Å². The van der Waals surface area contributed by atoms with Crippen molar-refractivity contribution in [2.75, 3.05) is 13.7 Å². The number of aromatic hydroxyl groups is 1. The Morgan fingerprint density at radius 2 is 2.31 bits per heavy atom. The highest BCUT2D eigenvalue weighted by Crippen LogP contribution is 2.23. The van der Waals surface area contributed by atoms with Crippen molar-refractivity contribution >= 4 is 0 Å². The first-order valence-electron chi connectivity index (χ1n) is 3.88. The molecule has 0 aromatic heterocycles. The number of halogens is 1. The summed E-state index contributed by atoms with van der Waals surface area (Å²) >= 11 is 0. The second kappa shape index (κ2) is 4.20. The maximum Gasteiger partial charge on any atom is 0.126 e. The Morgan fingerprint density at radius 1 is 1.62 bits per heavy atom. The number of hydrogen-bond acceptors (Lipinski definition) is 3. The molecule has 0 fully saturated rings. The maximum absolute atomic E-state index is 12.6. The van der Waals surface area contributed by atoms with Crippen LogP contribution in [0.25, 0.3) is 0 Å². The van der Waals surface area contributed by atoms with E-state index < -0.39 is 11.9 Å². The third-order valence-electron chi connectivity index (χ3n) is 1.74. The molecule has 3 nitrogen and oxygen atoms in total. The van der Waals surface area contributed by atoms with E-state index in [0.717, 1.165) is 6.07 Å². The average Bonchev–Trinajstić information content (AvgIpc) is 2.04. The zero-order valence-corrected chi connectivity index (χ0v) is 7.33. The first-order chi connectivity index (χ1) is 6.15. The number of ether oxygens (including phenoxy) is 1. The van der Waals surface area contributed by atoms with Crippen LogP contribution in [0.2, 0.25) is 0 Å². The van der Waals surface area contributed by atoms with Crippen molar-refractivity contribution in [3.8, 4) is 5.75 Å². The third-order valence-corrected chi connectivity index (χ3v) is 1.74. The molecule has 0 saturated heterocycles. The summed E-state index contributed by atoms with van der Waals surface area (Å²) in [4.78, 5) is 0. The molecule has 0 aliphatic rings. The number of benzene rings is 1. The van der Waals surface area contributed by atoms with E-state index in [9.17, 15) is 9.50 Å². The lowest BCUT2D eigenvalue weighted by Crippen LogP contribution is -2.16. The lowest BCUT2D eigenvalue weighted by Gasteiger charge is -2.12. The van der Waals surface area contributed by atoms with Gasteiger partial charge in [-0.05, 0) is 6.07 Å². The normalized spacial score (nSPS) is 12.8. The second-order valence-corrected chi connectivity index (χ2v) is 2.76. The summed E-state index contributed by atoms with van der Waals surface area (Å²) in [7, 11) is 1.51. The van der Waals surface area contributed by atoms with Crippen molar-refractivity contribution in [3.63, 3.8) is 0 Å². The van der Waals surface area contributed by atoms with E-state index in [1.54, 1.807) is 0 Å². The van der Waals surface area contributed by atoms with Gasteiger partial charge in [0, 0.05) is 18.7 Å². The monoisotopic (exact) mass is 185 g/mol. The van der Waals surface area contributed by atoms with E-state index in [1.165, 1.54) is 19.2 Å². The molecule has 1 rings (SSSR count). The Morgan fingerprint density at radius 3 is 2.85 bits per heavy atom. The number of phenols is 1. The molecular formula is C9H12FNO2. The zero-order valence-electron chi connectivity index (χ0n) is 7.33. The lowest BCUT2D eigenvalue weighted by atomic mass is 10.1. The van der Waals surface area contributed by atoms with Gasteiger partial charge in [0.15, 0.2) is 0 Å². The summed E-state index contributed by atoms with van der Waals surface area (Å²) in [5, 5.41) is 9.31. The topological polar surface area (TPSA) is 55.5 Å². The van der Waals surface area contributed by atoms with Crippen molar-refractivity contribution in [2.24, 2.45) is 5.73 Å². The van der Waals surface area contributed by atoms with Crippen LogP contribution in [0.15, 0.2) is 18.2 Å². The molecule has 72 valence electrons. The van der Waals surface area contributed by atoms with Crippen LogP contribution in [0.5, 0.6) is 5.75 Å². The molecule has 0 unspecified atom stereocenters. The van der Waals surface area contributed by atoms with Crippen LogP contribution in [0.1, 0.15) is 11.6 Å². The van der Waals surface area contributed by atoms with Crippen LogP contribution < -0.4 is 5.73 Å². The summed E-state index contributed by atoms with van der Waals surface area (Å²) in [6, 6.07) is 3.31. The van der Waals surface area contributed by atoms with E-state index in [2.05, 4.69) is 0 Å². The molecule has 0 amide bonds. The maximum atomic E-state index is 12.6. The first kappa shape index (κ1) is 9.95.